The largest absolute Gasteiger partial charge is 0.491 e. The first-order valence-electron chi connectivity index (χ1n) is 6.55. The Hall–Kier alpha value is -1.76. The summed E-state index contributed by atoms with van der Waals surface area (Å²) >= 11 is 0. The molecular formula is C17H20O. The number of hydrogen-bond donors (Lipinski definition) is 0. The van der Waals surface area contributed by atoms with Gasteiger partial charge in [0.1, 0.15) is 5.75 Å². The second-order valence-corrected chi connectivity index (χ2v) is 4.75. The van der Waals surface area contributed by atoms with E-state index in [9.17, 15) is 0 Å². The molecule has 0 unspecified atom stereocenters. The fraction of sp³-hybridized carbons (Fsp3) is 0.294. The van der Waals surface area contributed by atoms with Gasteiger partial charge < -0.3 is 4.74 Å². The standard InChI is InChI=1S/C17H20O/c1-4-14-7-5-8-15(11-14)16-9-6-10-17(12-16)18-13(2)3/h5-13H,4H2,1-3H3. The molecule has 2 aromatic carbocycles. The smallest absolute Gasteiger partial charge is 0.120 e. The van der Waals surface area contributed by atoms with Gasteiger partial charge in [-0.1, -0.05) is 43.3 Å². The molecule has 0 aliphatic rings. The zero-order valence-corrected chi connectivity index (χ0v) is 11.3. The van der Waals surface area contributed by atoms with Crippen LogP contribution in [0.2, 0.25) is 0 Å². The van der Waals surface area contributed by atoms with Crippen LogP contribution in [0.25, 0.3) is 11.1 Å². The van der Waals surface area contributed by atoms with Gasteiger partial charge in [0.15, 0.2) is 0 Å². The first-order valence-corrected chi connectivity index (χ1v) is 6.55. The number of hydrogen-bond acceptors (Lipinski definition) is 1. The monoisotopic (exact) mass is 240 g/mol. The Morgan fingerprint density at radius 3 is 2.28 bits per heavy atom. The van der Waals surface area contributed by atoms with Crippen LogP contribution in [0.5, 0.6) is 5.75 Å². The van der Waals surface area contributed by atoms with E-state index in [2.05, 4.69) is 43.3 Å². The first-order chi connectivity index (χ1) is 8.69. The van der Waals surface area contributed by atoms with Gasteiger partial charge in [0.2, 0.25) is 0 Å². The average Bonchev–Trinajstić information content (AvgIpc) is 2.38. The van der Waals surface area contributed by atoms with Gasteiger partial charge in [0, 0.05) is 0 Å². The van der Waals surface area contributed by atoms with Crippen molar-refractivity contribution in [2.24, 2.45) is 0 Å². The lowest BCUT2D eigenvalue weighted by Gasteiger charge is -2.11. The molecule has 0 aliphatic heterocycles. The number of aryl methyl sites for hydroxylation is 1. The highest BCUT2D eigenvalue weighted by atomic mass is 16.5. The third-order valence-corrected chi connectivity index (χ3v) is 2.87. The fourth-order valence-corrected chi connectivity index (χ4v) is 1.99. The van der Waals surface area contributed by atoms with Crippen LogP contribution >= 0.6 is 0 Å². The minimum atomic E-state index is 0.210. The molecular weight excluding hydrogens is 220 g/mol. The van der Waals surface area contributed by atoms with E-state index in [-0.39, 0.29) is 6.10 Å². The minimum absolute atomic E-state index is 0.210. The zero-order chi connectivity index (χ0) is 13.0. The quantitative estimate of drug-likeness (QED) is 0.752. The van der Waals surface area contributed by atoms with Crippen molar-refractivity contribution < 1.29 is 4.74 Å². The molecule has 0 atom stereocenters. The Kier molecular flexibility index (Phi) is 4.03. The number of benzene rings is 2. The lowest BCUT2D eigenvalue weighted by molar-refractivity contribution is 0.242. The van der Waals surface area contributed by atoms with E-state index in [1.165, 1.54) is 16.7 Å². The fourth-order valence-electron chi connectivity index (χ4n) is 1.99. The second-order valence-electron chi connectivity index (χ2n) is 4.75. The van der Waals surface area contributed by atoms with E-state index in [1.807, 2.05) is 26.0 Å². The van der Waals surface area contributed by atoms with E-state index in [0.29, 0.717) is 0 Å². The van der Waals surface area contributed by atoms with Gasteiger partial charge in [-0.05, 0) is 49.1 Å². The molecule has 18 heavy (non-hydrogen) atoms. The first kappa shape index (κ1) is 12.7. The summed E-state index contributed by atoms with van der Waals surface area (Å²) < 4.78 is 5.73. The third-order valence-electron chi connectivity index (χ3n) is 2.87. The molecule has 0 saturated heterocycles. The highest BCUT2D eigenvalue weighted by molar-refractivity contribution is 5.65. The molecule has 0 amide bonds. The van der Waals surface area contributed by atoms with E-state index >= 15 is 0 Å². The number of rotatable bonds is 4. The predicted molar refractivity (Wildman–Crippen MR) is 77.0 cm³/mol. The van der Waals surface area contributed by atoms with Gasteiger partial charge in [0.25, 0.3) is 0 Å². The Morgan fingerprint density at radius 1 is 0.944 bits per heavy atom. The van der Waals surface area contributed by atoms with Crippen molar-refractivity contribution in [3.05, 3.63) is 54.1 Å². The van der Waals surface area contributed by atoms with Gasteiger partial charge in [-0.25, -0.2) is 0 Å². The predicted octanol–water partition coefficient (Wildman–Crippen LogP) is 4.70. The highest BCUT2D eigenvalue weighted by Crippen LogP contribution is 2.25. The van der Waals surface area contributed by atoms with Gasteiger partial charge in [-0.15, -0.1) is 0 Å². The van der Waals surface area contributed by atoms with E-state index < -0.39 is 0 Å². The molecule has 0 heterocycles. The molecule has 0 N–H and O–H groups in total. The third kappa shape index (κ3) is 3.13. The number of ether oxygens (including phenoxy) is 1. The summed E-state index contributed by atoms with van der Waals surface area (Å²) in [7, 11) is 0. The van der Waals surface area contributed by atoms with Crippen molar-refractivity contribution in [1.82, 2.24) is 0 Å². The van der Waals surface area contributed by atoms with Crippen molar-refractivity contribution in [1.29, 1.82) is 0 Å². The minimum Gasteiger partial charge on any atom is -0.491 e. The van der Waals surface area contributed by atoms with Crippen LogP contribution in [-0.4, -0.2) is 6.10 Å². The summed E-state index contributed by atoms with van der Waals surface area (Å²) in [5.41, 5.74) is 3.83. The maximum absolute atomic E-state index is 5.73. The molecule has 0 aromatic heterocycles. The van der Waals surface area contributed by atoms with Crippen molar-refractivity contribution >= 4 is 0 Å². The summed E-state index contributed by atoms with van der Waals surface area (Å²) in [6.07, 6.45) is 1.28. The Labute approximate surface area is 109 Å². The SMILES string of the molecule is CCc1cccc(-c2cccc(OC(C)C)c2)c1. The van der Waals surface area contributed by atoms with Crippen LogP contribution in [0, 0.1) is 0 Å². The maximum atomic E-state index is 5.73. The van der Waals surface area contributed by atoms with E-state index in [4.69, 9.17) is 4.74 Å². The Balaban J connectivity index is 2.32. The summed E-state index contributed by atoms with van der Waals surface area (Å²) in [5, 5.41) is 0. The topological polar surface area (TPSA) is 9.23 Å². The zero-order valence-electron chi connectivity index (χ0n) is 11.3. The Bertz CT molecular complexity index is 515. The van der Waals surface area contributed by atoms with Crippen LogP contribution in [0.4, 0.5) is 0 Å². The molecule has 2 rings (SSSR count). The molecule has 2 aromatic rings. The van der Waals surface area contributed by atoms with E-state index in [1.54, 1.807) is 0 Å². The summed E-state index contributed by atoms with van der Waals surface area (Å²) in [4.78, 5) is 0. The van der Waals surface area contributed by atoms with E-state index in [0.717, 1.165) is 12.2 Å². The molecule has 0 spiro atoms. The van der Waals surface area contributed by atoms with Gasteiger partial charge in [0.05, 0.1) is 6.10 Å². The van der Waals surface area contributed by atoms with Crippen molar-refractivity contribution in [2.75, 3.05) is 0 Å². The summed E-state index contributed by atoms with van der Waals surface area (Å²) in [6.45, 7) is 6.27. The molecule has 1 nitrogen and oxygen atoms in total. The van der Waals surface area contributed by atoms with Gasteiger partial charge in [-0.2, -0.15) is 0 Å². The molecule has 1 heteroatoms. The normalized spacial score (nSPS) is 10.7. The molecule has 0 bridgehead atoms. The lowest BCUT2D eigenvalue weighted by atomic mass is 10.0. The maximum Gasteiger partial charge on any atom is 0.120 e. The summed E-state index contributed by atoms with van der Waals surface area (Å²) in [5.74, 6) is 0.935. The Morgan fingerprint density at radius 2 is 1.61 bits per heavy atom. The van der Waals surface area contributed by atoms with Crippen molar-refractivity contribution in [2.45, 2.75) is 33.3 Å². The molecule has 94 valence electrons. The molecule has 0 aliphatic carbocycles. The average molecular weight is 240 g/mol. The van der Waals surface area contributed by atoms with Gasteiger partial charge in [-0.3, -0.25) is 0 Å². The van der Waals surface area contributed by atoms with Crippen LogP contribution in [0.3, 0.4) is 0 Å². The van der Waals surface area contributed by atoms with Crippen LogP contribution < -0.4 is 4.74 Å². The molecule has 0 saturated carbocycles. The van der Waals surface area contributed by atoms with Gasteiger partial charge >= 0.3 is 0 Å². The molecule has 0 fully saturated rings. The van der Waals surface area contributed by atoms with Crippen LogP contribution in [-0.2, 0) is 6.42 Å². The lowest BCUT2D eigenvalue weighted by Crippen LogP contribution is -2.05. The van der Waals surface area contributed by atoms with Crippen LogP contribution in [0.15, 0.2) is 48.5 Å². The van der Waals surface area contributed by atoms with Crippen molar-refractivity contribution in [3.8, 4) is 16.9 Å². The summed E-state index contributed by atoms with van der Waals surface area (Å²) in [6, 6.07) is 17.0. The second kappa shape index (κ2) is 5.72. The van der Waals surface area contributed by atoms with Crippen molar-refractivity contribution in [3.63, 3.8) is 0 Å². The van der Waals surface area contributed by atoms with Crippen LogP contribution in [0.1, 0.15) is 26.3 Å². The highest BCUT2D eigenvalue weighted by Gasteiger charge is 2.02. The molecule has 0 radical (unpaired) electrons.